The van der Waals surface area contributed by atoms with Crippen molar-refractivity contribution in [3.05, 3.63) is 53.3 Å². The van der Waals surface area contributed by atoms with E-state index in [-0.39, 0.29) is 5.78 Å². The summed E-state index contributed by atoms with van der Waals surface area (Å²) >= 11 is 0. The lowest BCUT2D eigenvalue weighted by Crippen LogP contribution is -1.94. The smallest absolute Gasteiger partial charge is 0.159 e. The first-order valence-corrected chi connectivity index (χ1v) is 5.61. The Hall–Kier alpha value is -1.96. The van der Waals surface area contributed by atoms with Gasteiger partial charge >= 0.3 is 0 Å². The molecule has 0 radical (unpaired) electrons. The third kappa shape index (κ3) is 2.41. The van der Waals surface area contributed by atoms with Gasteiger partial charge in [-0.15, -0.1) is 0 Å². The second-order valence-electron chi connectivity index (χ2n) is 4.34. The molecular formula is C15H15NO. The second kappa shape index (κ2) is 4.50. The monoisotopic (exact) mass is 225 g/mol. The van der Waals surface area contributed by atoms with Gasteiger partial charge in [0.25, 0.3) is 0 Å². The second-order valence-corrected chi connectivity index (χ2v) is 4.34. The molecule has 0 atom stereocenters. The first-order valence-electron chi connectivity index (χ1n) is 5.61. The number of pyridine rings is 1. The van der Waals surface area contributed by atoms with Gasteiger partial charge in [0.05, 0.1) is 0 Å². The summed E-state index contributed by atoms with van der Waals surface area (Å²) in [6, 6.07) is 7.87. The summed E-state index contributed by atoms with van der Waals surface area (Å²) in [6.45, 7) is 5.64. The normalized spacial score (nSPS) is 10.3. The number of carbonyl (C=O) groups excluding carboxylic acids is 1. The van der Waals surface area contributed by atoms with Gasteiger partial charge in [-0.2, -0.15) is 0 Å². The largest absolute Gasteiger partial charge is 0.295 e. The Morgan fingerprint density at radius 1 is 1.12 bits per heavy atom. The highest BCUT2D eigenvalue weighted by Gasteiger charge is 2.06. The number of rotatable bonds is 2. The van der Waals surface area contributed by atoms with Gasteiger partial charge < -0.3 is 0 Å². The first-order chi connectivity index (χ1) is 8.08. The topological polar surface area (TPSA) is 30.0 Å². The van der Waals surface area contributed by atoms with Crippen LogP contribution >= 0.6 is 0 Å². The summed E-state index contributed by atoms with van der Waals surface area (Å²) in [6.07, 6.45) is 3.66. The predicted octanol–water partition coefficient (Wildman–Crippen LogP) is 3.57. The van der Waals surface area contributed by atoms with Crippen molar-refractivity contribution in [3.63, 3.8) is 0 Å². The van der Waals surface area contributed by atoms with Gasteiger partial charge in [-0.05, 0) is 49.6 Å². The van der Waals surface area contributed by atoms with Gasteiger partial charge in [0, 0.05) is 23.5 Å². The maximum Gasteiger partial charge on any atom is 0.159 e. The first kappa shape index (κ1) is 11.5. The van der Waals surface area contributed by atoms with Crippen LogP contribution in [0.25, 0.3) is 11.1 Å². The molecule has 0 saturated carbocycles. The number of carbonyl (C=O) groups is 1. The van der Waals surface area contributed by atoms with Crippen LogP contribution in [0.4, 0.5) is 0 Å². The van der Waals surface area contributed by atoms with Crippen LogP contribution in [0.5, 0.6) is 0 Å². The Morgan fingerprint density at radius 2 is 1.88 bits per heavy atom. The molecule has 0 aliphatic heterocycles. The molecule has 0 N–H and O–H groups in total. The van der Waals surface area contributed by atoms with E-state index in [1.165, 1.54) is 0 Å². The van der Waals surface area contributed by atoms with E-state index in [1.807, 2.05) is 44.4 Å². The molecular weight excluding hydrogens is 210 g/mol. The number of hydrogen-bond acceptors (Lipinski definition) is 2. The predicted molar refractivity (Wildman–Crippen MR) is 69.2 cm³/mol. The number of ketones is 1. The fraction of sp³-hybridized carbons (Fsp3) is 0.200. The van der Waals surface area contributed by atoms with Gasteiger partial charge in [-0.25, -0.2) is 0 Å². The molecule has 0 amide bonds. The van der Waals surface area contributed by atoms with Crippen molar-refractivity contribution in [3.8, 4) is 11.1 Å². The number of aryl methyl sites for hydroxylation is 2. The van der Waals surface area contributed by atoms with Crippen LogP contribution in [-0.4, -0.2) is 10.8 Å². The highest BCUT2D eigenvalue weighted by Crippen LogP contribution is 2.24. The van der Waals surface area contributed by atoms with Crippen LogP contribution in [0.15, 0.2) is 36.7 Å². The van der Waals surface area contributed by atoms with Gasteiger partial charge in [0.15, 0.2) is 5.78 Å². The summed E-state index contributed by atoms with van der Waals surface area (Å²) in [5.41, 5.74) is 5.16. The third-order valence-corrected chi connectivity index (χ3v) is 2.83. The van der Waals surface area contributed by atoms with E-state index < -0.39 is 0 Å². The Morgan fingerprint density at radius 3 is 2.53 bits per heavy atom. The van der Waals surface area contributed by atoms with Crippen LogP contribution in [0.2, 0.25) is 0 Å². The van der Waals surface area contributed by atoms with Crippen molar-refractivity contribution in [1.82, 2.24) is 4.98 Å². The molecule has 0 aliphatic carbocycles. The van der Waals surface area contributed by atoms with Gasteiger partial charge in [0.2, 0.25) is 0 Å². The maximum absolute atomic E-state index is 11.4. The number of hydrogen-bond donors (Lipinski definition) is 0. The van der Waals surface area contributed by atoms with Crippen molar-refractivity contribution in [1.29, 1.82) is 0 Å². The van der Waals surface area contributed by atoms with E-state index in [0.29, 0.717) is 0 Å². The number of aromatic nitrogens is 1. The number of nitrogens with zero attached hydrogens (tertiary/aromatic N) is 1. The molecule has 2 aromatic rings. The van der Waals surface area contributed by atoms with Crippen LogP contribution < -0.4 is 0 Å². The van der Waals surface area contributed by atoms with E-state index in [1.54, 1.807) is 6.92 Å². The van der Waals surface area contributed by atoms with Crippen LogP contribution in [0.3, 0.4) is 0 Å². The maximum atomic E-state index is 11.4. The zero-order valence-electron chi connectivity index (χ0n) is 10.3. The SMILES string of the molecule is CC(=O)c1ccc(C)c(-c2cncc(C)c2)c1. The van der Waals surface area contributed by atoms with Crippen LogP contribution in [0, 0.1) is 13.8 Å². The Balaban J connectivity index is 2.58. The minimum absolute atomic E-state index is 0.0897. The van der Waals surface area contributed by atoms with Gasteiger partial charge in [0.1, 0.15) is 0 Å². The minimum Gasteiger partial charge on any atom is -0.295 e. The lowest BCUT2D eigenvalue weighted by atomic mass is 9.97. The van der Waals surface area contributed by atoms with Crippen molar-refractivity contribution in [2.24, 2.45) is 0 Å². The summed E-state index contributed by atoms with van der Waals surface area (Å²) in [5, 5.41) is 0. The standard InChI is InChI=1S/C15H15NO/c1-10-6-14(9-16-8-10)15-7-13(12(3)17)5-4-11(15)2/h4-9H,1-3H3. The van der Waals surface area contributed by atoms with E-state index in [0.717, 1.165) is 27.8 Å². The lowest BCUT2D eigenvalue weighted by Gasteiger charge is -2.08. The minimum atomic E-state index is 0.0897. The van der Waals surface area contributed by atoms with Crippen LogP contribution in [-0.2, 0) is 0 Å². The zero-order chi connectivity index (χ0) is 12.4. The molecule has 0 spiro atoms. The molecule has 1 aromatic carbocycles. The van der Waals surface area contributed by atoms with Gasteiger partial charge in [-0.3, -0.25) is 9.78 Å². The lowest BCUT2D eigenvalue weighted by molar-refractivity contribution is 0.101. The van der Waals surface area contributed by atoms with Crippen molar-refractivity contribution >= 4 is 5.78 Å². The average Bonchev–Trinajstić information content (AvgIpc) is 2.29. The highest BCUT2D eigenvalue weighted by atomic mass is 16.1. The van der Waals surface area contributed by atoms with Crippen molar-refractivity contribution < 1.29 is 4.79 Å². The number of benzene rings is 1. The Labute approximate surface area is 101 Å². The van der Waals surface area contributed by atoms with E-state index in [9.17, 15) is 4.79 Å². The molecule has 0 unspecified atom stereocenters. The average molecular weight is 225 g/mol. The summed E-state index contributed by atoms with van der Waals surface area (Å²) in [5.74, 6) is 0.0897. The molecule has 0 saturated heterocycles. The quantitative estimate of drug-likeness (QED) is 0.731. The Bertz CT molecular complexity index is 573. The van der Waals surface area contributed by atoms with Gasteiger partial charge in [-0.1, -0.05) is 12.1 Å². The molecule has 1 aromatic heterocycles. The molecule has 2 rings (SSSR count). The summed E-state index contributed by atoms with van der Waals surface area (Å²) < 4.78 is 0. The molecule has 0 bridgehead atoms. The van der Waals surface area contributed by atoms with Crippen molar-refractivity contribution in [2.45, 2.75) is 20.8 Å². The van der Waals surface area contributed by atoms with E-state index >= 15 is 0 Å². The molecule has 1 heterocycles. The molecule has 0 aliphatic rings. The molecule has 0 fully saturated rings. The highest BCUT2D eigenvalue weighted by molar-refractivity contribution is 5.95. The fourth-order valence-corrected chi connectivity index (χ4v) is 1.85. The molecule has 86 valence electrons. The zero-order valence-corrected chi connectivity index (χ0v) is 10.3. The summed E-state index contributed by atoms with van der Waals surface area (Å²) in [7, 11) is 0. The van der Waals surface area contributed by atoms with E-state index in [4.69, 9.17) is 0 Å². The number of Topliss-reactive ketones (excluding diaryl/α,β-unsaturated/α-hetero) is 1. The molecule has 2 nitrogen and oxygen atoms in total. The molecule has 2 heteroatoms. The van der Waals surface area contributed by atoms with Crippen LogP contribution in [0.1, 0.15) is 28.4 Å². The third-order valence-electron chi connectivity index (χ3n) is 2.83. The van der Waals surface area contributed by atoms with Crippen molar-refractivity contribution in [2.75, 3.05) is 0 Å². The molecule has 17 heavy (non-hydrogen) atoms. The summed E-state index contributed by atoms with van der Waals surface area (Å²) in [4.78, 5) is 15.6. The Kier molecular flexibility index (Phi) is 3.05. The van der Waals surface area contributed by atoms with E-state index in [2.05, 4.69) is 11.1 Å². The fourth-order valence-electron chi connectivity index (χ4n) is 1.85.